The van der Waals surface area contributed by atoms with Crippen molar-refractivity contribution in [1.82, 2.24) is 4.57 Å². The minimum absolute atomic E-state index is 0.0107. The summed E-state index contributed by atoms with van der Waals surface area (Å²) < 4.78 is 1.63. The van der Waals surface area contributed by atoms with Crippen LogP contribution in [0.4, 0.5) is 5.69 Å². The summed E-state index contributed by atoms with van der Waals surface area (Å²) >= 11 is 0. The van der Waals surface area contributed by atoms with Crippen LogP contribution in [0.1, 0.15) is 27.2 Å². The van der Waals surface area contributed by atoms with Crippen molar-refractivity contribution >= 4 is 28.5 Å². The summed E-state index contributed by atoms with van der Waals surface area (Å²) in [6, 6.07) is 13.3. The molecular weight excluding hydrogens is 316 g/mol. The molecule has 0 aliphatic rings. The highest BCUT2D eigenvalue weighted by Crippen LogP contribution is 2.27. The number of nitrogens with one attached hydrogen (secondary N) is 1. The van der Waals surface area contributed by atoms with Crippen LogP contribution in [-0.4, -0.2) is 21.6 Å². The molecule has 5 nitrogen and oxygen atoms in total. The highest BCUT2D eigenvalue weighted by Gasteiger charge is 2.22. The van der Waals surface area contributed by atoms with E-state index in [9.17, 15) is 14.7 Å². The molecule has 0 unspecified atom stereocenters. The van der Waals surface area contributed by atoms with Crippen molar-refractivity contribution in [2.24, 2.45) is 7.05 Å². The molecule has 2 N–H and O–H groups in total. The van der Waals surface area contributed by atoms with Gasteiger partial charge in [0.1, 0.15) is 5.69 Å². The largest absolute Gasteiger partial charge is 0.477 e. The van der Waals surface area contributed by atoms with Crippen LogP contribution < -0.4 is 5.32 Å². The van der Waals surface area contributed by atoms with Crippen molar-refractivity contribution in [1.29, 1.82) is 0 Å². The van der Waals surface area contributed by atoms with Gasteiger partial charge in [-0.25, -0.2) is 4.79 Å². The zero-order valence-electron chi connectivity index (χ0n) is 14.5. The number of para-hydroxylation sites is 1. The Morgan fingerprint density at radius 3 is 2.52 bits per heavy atom. The maximum atomic E-state index is 12.5. The van der Waals surface area contributed by atoms with E-state index in [2.05, 4.69) is 5.32 Å². The molecule has 1 amide bonds. The fourth-order valence-corrected chi connectivity index (χ4v) is 3.15. The number of hydrogen-bond donors (Lipinski definition) is 2. The Hall–Kier alpha value is -3.08. The number of hydrogen-bond acceptors (Lipinski definition) is 2. The van der Waals surface area contributed by atoms with E-state index in [-0.39, 0.29) is 18.0 Å². The number of nitrogens with zero attached hydrogens (tertiary/aromatic N) is 1. The molecule has 0 spiro atoms. The molecule has 0 aliphatic heterocycles. The van der Waals surface area contributed by atoms with Crippen molar-refractivity contribution in [2.75, 3.05) is 5.32 Å². The van der Waals surface area contributed by atoms with Crippen LogP contribution in [0.5, 0.6) is 0 Å². The van der Waals surface area contributed by atoms with E-state index in [1.807, 2.05) is 56.3 Å². The highest BCUT2D eigenvalue weighted by molar-refractivity contribution is 6.03. The molecule has 25 heavy (non-hydrogen) atoms. The zero-order valence-corrected chi connectivity index (χ0v) is 14.5. The first-order chi connectivity index (χ1) is 11.9. The molecule has 0 radical (unpaired) electrons. The molecular formula is C20H20N2O3. The molecule has 1 heterocycles. The van der Waals surface area contributed by atoms with E-state index in [1.165, 1.54) is 0 Å². The third kappa shape index (κ3) is 3.13. The molecule has 3 rings (SSSR count). The van der Waals surface area contributed by atoms with Gasteiger partial charge in [0.2, 0.25) is 5.91 Å². The van der Waals surface area contributed by atoms with Crippen molar-refractivity contribution in [2.45, 2.75) is 20.3 Å². The third-order valence-corrected chi connectivity index (χ3v) is 4.42. The second-order valence-corrected chi connectivity index (χ2v) is 6.25. The van der Waals surface area contributed by atoms with Gasteiger partial charge in [0.25, 0.3) is 0 Å². The molecule has 0 aliphatic carbocycles. The van der Waals surface area contributed by atoms with E-state index < -0.39 is 5.97 Å². The average molecular weight is 336 g/mol. The lowest BCUT2D eigenvalue weighted by molar-refractivity contribution is -0.115. The summed E-state index contributed by atoms with van der Waals surface area (Å²) in [5.41, 5.74) is 4.22. The van der Waals surface area contributed by atoms with Gasteiger partial charge < -0.3 is 15.0 Å². The molecule has 128 valence electrons. The smallest absolute Gasteiger partial charge is 0.352 e. The topological polar surface area (TPSA) is 71.3 Å². The van der Waals surface area contributed by atoms with Crippen LogP contribution >= 0.6 is 0 Å². The zero-order chi connectivity index (χ0) is 18.1. The monoisotopic (exact) mass is 336 g/mol. The number of fused-ring (bicyclic) bond motifs is 1. The summed E-state index contributed by atoms with van der Waals surface area (Å²) in [6.07, 6.45) is 0.0107. The van der Waals surface area contributed by atoms with Gasteiger partial charge >= 0.3 is 5.97 Å². The number of rotatable bonds is 4. The van der Waals surface area contributed by atoms with E-state index in [1.54, 1.807) is 11.6 Å². The number of anilines is 1. The number of benzene rings is 2. The minimum atomic E-state index is -1.03. The lowest BCUT2D eigenvalue weighted by atomic mass is 10.0. The number of amides is 1. The number of aryl methyl sites for hydroxylation is 3. The first-order valence-electron chi connectivity index (χ1n) is 8.05. The SMILES string of the molecule is Cc1ccc2c(c1)c(CC(=O)Nc1ccccc1C)c(C(=O)O)n2C. The lowest BCUT2D eigenvalue weighted by Gasteiger charge is -2.08. The Labute approximate surface area is 145 Å². The predicted octanol–water partition coefficient (Wildman–Crippen LogP) is 3.67. The molecule has 2 aromatic carbocycles. The van der Waals surface area contributed by atoms with E-state index in [4.69, 9.17) is 0 Å². The van der Waals surface area contributed by atoms with Gasteiger partial charge in [0.05, 0.1) is 6.42 Å². The normalized spacial score (nSPS) is 10.8. The van der Waals surface area contributed by atoms with Crippen LogP contribution in [0.25, 0.3) is 10.9 Å². The Bertz CT molecular complexity index is 986. The number of carbonyl (C=O) groups is 2. The Morgan fingerprint density at radius 1 is 1.12 bits per heavy atom. The lowest BCUT2D eigenvalue weighted by Crippen LogP contribution is -2.17. The first kappa shape index (κ1) is 16.8. The van der Waals surface area contributed by atoms with E-state index >= 15 is 0 Å². The molecule has 0 atom stereocenters. The number of carboxylic acids is 1. The summed E-state index contributed by atoms with van der Waals surface area (Å²) in [4.78, 5) is 24.3. The molecule has 0 saturated carbocycles. The maximum Gasteiger partial charge on any atom is 0.352 e. The maximum absolute atomic E-state index is 12.5. The van der Waals surface area contributed by atoms with Crippen LogP contribution in [0.2, 0.25) is 0 Å². The van der Waals surface area contributed by atoms with Crippen LogP contribution in [0.3, 0.4) is 0 Å². The molecule has 0 fully saturated rings. The Kier molecular flexibility index (Phi) is 4.31. The van der Waals surface area contributed by atoms with E-state index in [0.717, 1.165) is 27.7 Å². The first-order valence-corrected chi connectivity index (χ1v) is 8.05. The second kappa shape index (κ2) is 6.43. The van der Waals surface area contributed by atoms with E-state index in [0.29, 0.717) is 5.56 Å². The standard InChI is InChI=1S/C20H20N2O3/c1-12-8-9-17-14(10-12)15(19(20(24)25)22(17)3)11-18(23)21-16-7-5-4-6-13(16)2/h4-10H,11H2,1-3H3,(H,21,23)(H,24,25). The number of aromatic carboxylic acids is 1. The Balaban J connectivity index is 2.01. The van der Waals surface area contributed by atoms with Gasteiger partial charge in [-0.15, -0.1) is 0 Å². The van der Waals surface area contributed by atoms with Crippen LogP contribution in [0.15, 0.2) is 42.5 Å². The molecule has 3 aromatic rings. The summed E-state index contributed by atoms with van der Waals surface area (Å²) in [7, 11) is 1.71. The van der Waals surface area contributed by atoms with Gasteiger partial charge in [-0.2, -0.15) is 0 Å². The fraction of sp³-hybridized carbons (Fsp3) is 0.200. The van der Waals surface area contributed by atoms with Crippen molar-refractivity contribution in [3.63, 3.8) is 0 Å². The molecule has 0 saturated heterocycles. The Morgan fingerprint density at radius 2 is 1.84 bits per heavy atom. The van der Waals surface area contributed by atoms with Crippen LogP contribution in [-0.2, 0) is 18.3 Å². The van der Waals surface area contributed by atoms with Gasteiger partial charge in [0, 0.05) is 29.2 Å². The summed E-state index contributed by atoms with van der Waals surface area (Å²) in [5.74, 6) is -1.26. The predicted molar refractivity (Wildman–Crippen MR) is 98.1 cm³/mol. The summed E-state index contributed by atoms with van der Waals surface area (Å²) in [5, 5.41) is 13.3. The van der Waals surface area contributed by atoms with Crippen molar-refractivity contribution in [3.05, 3.63) is 64.8 Å². The molecule has 0 bridgehead atoms. The minimum Gasteiger partial charge on any atom is -0.477 e. The van der Waals surface area contributed by atoms with Crippen molar-refractivity contribution in [3.8, 4) is 0 Å². The highest BCUT2D eigenvalue weighted by atomic mass is 16.4. The molecule has 1 aromatic heterocycles. The van der Waals surface area contributed by atoms with Gasteiger partial charge in [0.15, 0.2) is 0 Å². The van der Waals surface area contributed by atoms with Gasteiger partial charge in [-0.05, 0) is 37.6 Å². The quantitative estimate of drug-likeness (QED) is 0.763. The van der Waals surface area contributed by atoms with Crippen LogP contribution in [0, 0.1) is 13.8 Å². The molecule has 5 heteroatoms. The van der Waals surface area contributed by atoms with Crippen molar-refractivity contribution < 1.29 is 14.7 Å². The fourth-order valence-electron chi connectivity index (χ4n) is 3.15. The number of carboxylic acid groups (broad SMARTS) is 1. The van der Waals surface area contributed by atoms with Gasteiger partial charge in [-0.3, -0.25) is 4.79 Å². The average Bonchev–Trinajstić information content (AvgIpc) is 2.81. The number of carbonyl (C=O) groups excluding carboxylic acids is 1. The second-order valence-electron chi connectivity index (χ2n) is 6.25. The third-order valence-electron chi connectivity index (χ3n) is 4.42. The number of aromatic nitrogens is 1. The van der Waals surface area contributed by atoms with Gasteiger partial charge in [-0.1, -0.05) is 29.8 Å². The summed E-state index contributed by atoms with van der Waals surface area (Å²) in [6.45, 7) is 3.86.